The molecule has 2 N–H and O–H groups in total. The quantitative estimate of drug-likeness (QED) is 0.900. The molecule has 1 aliphatic heterocycles. The third-order valence-electron chi connectivity index (χ3n) is 3.74. The minimum absolute atomic E-state index is 0.345. The van der Waals surface area contributed by atoms with Gasteiger partial charge in [0.25, 0.3) is 0 Å². The van der Waals surface area contributed by atoms with Crippen LogP contribution in [0.15, 0.2) is 36.4 Å². The van der Waals surface area contributed by atoms with Crippen LogP contribution in [-0.2, 0) is 4.74 Å². The van der Waals surface area contributed by atoms with E-state index in [1.807, 2.05) is 30.3 Å². The molecule has 0 spiro atoms. The van der Waals surface area contributed by atoms with Gasteiger partial charge in [-0.05, 0) is 30.4 Å². The molecule has 1 saturated heterocycles. The Morgan fingerprint density at radius 1 is 1.10 bits per heavy atom. The Balaban J connectivity index is 1.99. The maximum atomic E-state index is 11.3. The molecule has 0 radical (unpaired) electrons. The van der Waals surface area contributed by atoms with E-state index >= 15 is 0 Å². The number of hydrogen-bond donors (Lipinski definition) is 2. The van der Waals surface area contributed by atoms with Crippen LogP contribution in [0.5, 0.6) is 0 Å². The van der Waals surface area contributed by atoms with Crippen molar-refractivity contribution < 1.29 is 14.6 Å². The molecule has 4 heteroatoms. The first kappa shape index (κ1) is 12.9. The highest BCUT2D eigenvalue weighted by atomic mass is 16.5. The van der Waals surface area contributed by atoms with Gasteiger partial charge >= 0.3 is 5.97 Å². The first-order valence-corrected chi connectivity index (χ1v) is 6.85. The van der Waals surface area contributed by atoms with Crippen LogP contribution in [0.1, 0.15) is 23.2 Å². The molecule has 1 fully saturated rings. The van der Waals surface area contributed by atoms with Gasteiger partial charge in [0, 0.05) is 30.3 Å². The van der Waals surface area contributed by atoms with Crippen molar-refractivity contribution in [3.8, 4) is 0 Å². The monoisotopic (exact) mass is 271 g/mol. The van der Waals surface area contributed by atoms with Crippen LogP contribution >= 0.6 is 0 Å². The summed E-state index contributed by atoms with van der Waals surface area (Å²) in [6, 6.07) is 11.5. The number of rotatable bonds is 3. The van der Waals surface area contributed by atoms with E-state index in [0.29, 0.717) is 11.6 Å². The molecule has 3 rings (SSSR count). The Morgan fingerprint density at radius 3 is 2.50 bits per heavy atom. The number of ether oxygens (including phenoxy) is 1. The summed E-state index contributed by atoms with van der Waals surface area (Å²) in [5.74, 6) is -0.890. The lowest BCUT2D eigenvalue weighted by Crippen LogP contribution is -2.27. The van der Waals surface area contributed by atoms with E-state index in [2.05, 4.69) is 5.32 Å². The third-order valence-corrected chi connectivity index (χ3v) is 3.74. The Hall–Kier alpha value is -2.07. The normalized spacial score (nSPS) is 16.2. The fourth-order valence-corrected chi connectivity index (χ4v) is 2.67. The first-order chi connectivity index (χ1) is 9.75. The second-order valence-corrected chi connectivity index (χ2v) is 5.04. The summed E-state index contributed by atoms with van der Waals surface area (Å²) in [6.07, 6.45) is 1.96. The van der Waals surface area contributed by atoms with Crippen molar-refractivity contribution in [3.05, 3.63) is 42.0 Å². The van der Waals surface area contributed by atoms with Crippen LogP contribution in [0.4, 0.5) is 5.69 Å². The van der Waals surface area contributed by atoms with E-state index in [1.165, 1.54) is 0 Å². The Kier molecular flexibility index (Phi) is 3.56. The van der Waals surface area contributed by atoms with Gasteiger partial charge in [0.15, 0.2) is 0 Å². The number of hydrogen-bond acceptors (Lipinski definition) is 3. The number of aromatic carboxylic acids is 1. The standard InChI is InChI=1S/C16H17NO3/c18-16(19)14-5-6-15(13-4-2-1-3-12(13)14)17-11-7-9-20-10-8-11/h1-6,11,17H,7-10H2,(H,18,19). The van der Waals surface area contributed by atoms with Gasteiger partial charge in [-0.15, -0.1) is 0 Å². The van der Waals surface area contributed by atoms with Crippen LogP contribution < -0.4 is 5.32 Å². The molecule has 0 amide bonds. The minimum Gasteiger partial charge on any atom is -0.478 e. The van der Waals surface area contributed by atoms with Crippen LogP contribution in [0.2, 0.25) is 0 Å². The van der Waals surface area contributed by atoms with Gasteiger partial charge in [0.05, 0.1) is 5.56 Å². The molecule has 0 bridgehead atoms. The maximum Gasteiger partial charge on any atom is 0.336 e. The Labute approximate surface area is 117 Å². The van der Waals surface area contributed by atoms with Crippen molar-refractivity contribution in [1.82, 2.24) is 0 Å². The molecular formula is C16H17NO3. The molecule has 2 aromatic carbocycles. The highest BCUT2D eigenvalue weighted by molar-refractivity contribution is 6.07. The molecule has 2 aromatic rings. The number of carboxylic acids is 1. The highest BCUT2D eigenvalue weighted by Crippen LogP contribution is 2.28. The van der Waals surface area contributed by atoms with Crippen molar-refractivity contribution in [1.29, 1.82) is 0 Å². The molecular weight excluding hydrogens is 254 g/mol. The van der Waals surface area contributed by atoms with Gasteiger partial charge in [-0.3, -0.25) is 0 Å². The molecule has 0 aromatic heterocycles. The van der Waals surface area contributed by atoms with Gasteiger partial charge in [-0.1, -0.05) is 24.3 Å². The lowest BCUT2D eigenvalue weighted by molar-refractivity contribution is 0.0699. The molecule has 0 unspecified atom stereocenters. The van der Waals surface area contributed by atoms with Gasteiger partial charge in [0.2, 0.25) is 0 Å². The van der Waals surface area contributed by atoms with E-state index in [1.54, 1.807) is 6.07 Å². The number of fused-ring (bicyclic) bond motifs is 1. The van der Waals surface area contributed by atoms with Gasteiger partial charge < -0.3 is 15.2 Å². The number of anilines is 1. The molecule has 0 saturated carbocycles. The summed E-state index contributed by atoms with van der Waals surface area (Å²) in [4.78, 5) is 11.3. The second kappa shape index (κ2) is 5.51. The van der Waals surface area contributed by atoms with Crippen molar-refractivity contribution >= 4 is 22.4 Å². The number of nitrogens with one attached hydrogen (secondary N) is 1. The van der Waals surface area contributed by atoms with Crippen LogP contribution in [0.3, 0.4) is 0 Å². The van der Waals surface area contributed by atoms with E-state index in [4.69, 9.17) is 4.74 Å². The number of benzene rings is 2. The largest absolute Gasteiger partial charge is 0.478 e. The predicted octanol–water partition coefficient (Wildman–Crippen LogP) is 3.13. The molecule has 1 aliphatic rings. The van der Waals surface area contributed by atoms with Gasteiger partial charge in [-0.2, -0.15) is 0 Å². The number of carbonyl (C=O) groups is 1. The summed E-state index contributed by atoms with van der Waals surface area (Å²) in [6.45, 7) is 1.56. The van der Waals surface area contributed by atoms with Gasteiger partial charge in [0.1, 0.15) is 0 Å². The first-order valence-electron chi connectivity index (χ1n) is 6.85. The minimum atomic E-state index is -0.890. The molecule has 20 heavy (non-hydrogen) atoms. The topological polar surface area (TPSA) is 58.6 Å². The second-order valence-electron chi connectivity index (χ2n) is 5.04. The summed E-state index contributed by atoms with van der Waals surface area (Å²) in [7, 11) is 0. The zero-order valence-corrected chi connectivity index (χ0v) is 11.1. The summed E-state index contributed by atoms with van der Waals surface area (Å²) in [5, 5.41) is 14.5. The SMILES string of the molecule is O=C(O)c1ccc(NC2CCOCC2)c2ccccc12. The molecule has 104 valence electrons. The van der Waals surface area contributed by atoms with E-state index in [-0.39, 0.29) is 0 Å². The van der Waals surface area contributed by atoms with Crippen LogP contribution in [0.25, 0.3) is 10.8 Å². The average Bonchev–Trinajstić information content (AvgIpc) is 2.48. The zero-order chi connectivity index (χ0) is 13.9. The average molecular weight is 271 g/mol. The van der Waals surface area contributed by atoms with Crippen LogP contribution in [0, 0.1) is 0 Å². The predicted molar refractivity (Wildman–Crippen MR) is 78.4 cm³/mol. The fraction of sp³-hybridized carbons (Fsp3) is 0.312. The Bertz CT molecular complexity index is 633. The summed E-state index contributed by atoms with van der Waals surface area (Å²) < 4.78 is 5.36. The van der Waals surface area contributed by atoms with E-state index < -0.39 is 5.97 Å². The summed E-state index contributed by atoms with van der Waals surface area (Å²) in [5.41, 5.74) is 1.34. The smallest absolute Gasteiger partial charge is 0.336 e. The van der Waals surface area contributed by atoms with Crippen molar-refractivity contribution in [2.75, 3.05) is 18.5 Å². The molecule has 0 atom stereocenters. The molecule has 1 heterocycles. The maximum absolute atomic E-state index is 11.3. The Morgan fingerprint density at radius 2 is 1.80 bits per heavy atom. The lowest BCUT2D eigenvalue weighted by atomic mass is 10.0. The summed E-state index contributed by atoms with van der Waals surface area (Å²) >= 11 is 0. The number of carboxylic acid groups (broad SMARTS) is 1. The van der Waals surface area contributed by atoms with Crippen molar-refractivity contribution in [3.63, 3.8) is 0 Å². The van der Waals surface area contributed by atoms with Crippen LogP contribution in [-0.4, -0.2) is 30.3 Å². The molecule has 4 nitrogen and oxygen atoms in total. The third kappa shape index (κ3) is 2.47. The lowest BCUT2D eigenvalue weighted by Gasteiger charge is -2.25. The van der Waals surface area contributed by atoms with E-state index in [0.717, 1.165) is 42.5 Å². The van der Waals surface area contributed by atoms with Crippen molar-refractivity contribution in [2.24, 2.45) is 0 Å². The fourth-order valence-electron chi connectivity index (χ4n) is 2.67. The highest BCUT2D eigenvalue weighted by Gasteiger charge is 2.16. The van der Waals surface area contributed by atoms with E-state index in [9.17, 15) is 9.90 Å². The van der Waals surface area contributed by atoms with Gasteiger partial charge in [-0.25, -0.2) is 4.79 Å². The molecule has 0 aliphatic carbocycles. The zero-order valence-electron chi connectivity index (χ0n) is 11.1. The van der Waals surface area contributed by atoms with Crippen molar-refractivity contribution in [2.45, 2.75) is 18.9 Å².